The molecule has 0 spiro atoms. The molecule has 0 radical (unpaired) electrons. The molecule has 1 fully saturated rings. The standard InChI is InChI=1S/C16H20N2O2/c1-9-3-4-11-8-10(2)15(12(11)7-9)18-16(20)13-5-6-14(19)17-13/h3-4,7,10,13,15H,5-6,8H2,1-2H3,(H,17,19)(H,18,20). The summed E-state index contributed by atoms with van der Waals surface area (Å²) in [5, 5.41) is 5.85. The summed E-state index contributed by atoms with van der Waals surface area (Å²) in [4.78, 5) is 23.5. The smallest absolute Gasteiger partial charge is 0.243 e. The molecule has 1 aliphatic carbocycles. The molecule has 2 aliphatic rings. The third kappa shape index (κ3) is 2.30. The van der Waals surface area contributed by atoms with Gasteiger partial charge in [0.1, 0.15) is 6.04 Å². The fourth-order valence-corrected chi connectivity index (χ4v) is 3.25. The number of hydrogen-bond acceptors (Lipinski definition) is 2. The Morgan fingerprint density at radius 3 is 2.90 bits per heavy atom. The van der Waals surface area contributed by atoms with Crippen LogP contribution in [0.4, 0.5) is 0 Å². The van der Waals surface area contributed by atoms with Crippen LogP contribution in [0.25, 0.3) is 0 Å². The Labute approximate surface area is 118 Å². The van der Waals surface area contributed by atoms with Gasteiger partial charge in [0.25, 0.3) is 0 Å². The lowest BCUT2D eigenvalue weighted by molar-refractivity contribution is -0.126. The van der Waals surface area contributed by atoms with Crippen molar-refractivity contribution in [3.05, 3.63) is 34.9 Å². The van der Waals surface area contributed by atoms with Crippen LogP contribution in [0.15, 0.2) is 18.2 Å². The van der Waals surface area contributed by atoms with Gasteiger partial charge in [-0.05, 0) is 36.8 Å². The third-order valence-electron chi connectivity index (χ3n) is 4.36. The molecule has 1 heterocycles. The number of carbonyl (C=O) groups excluding carboxylic acids is 2. The minimum Gasteiger partial charge on any atom is -0.347 e. The Balaban J connectivity index is 1.76. The van der Waals surface area contributed by atoms with Crippen LogP contribution in [0.1, 0.15) is 42.5 Å². The molecular weight excluding hydrogens is 252 g/mol. The Hall–Kier alpha value is -1.84. The number of amides is 2. The summed E-state index contributed by atoms with van der Waals surface area (Å²) in [6.07, 6.45) is 2.05. The summed E-state index contributed by atoms with van der Waals surface area (Å²) >= 11 is 0. The highest BCUT2D eigenvalue weighted by atomic mass is 16.2. The highest BCUT2D eigenvalue weighted by Gasteiger charge is 2.34. The van der Waals surface area contributed by atoms with Gasteiger partial charge in [0, 0.05) is 6.42 Å². The topological polar surface area (TPSA) is 58.2 Å². The summed E-state index contributed by atoms with van der Waals surface area (Å²) in [6.45, 7) is 4.23. The SMILES string of the molecule is Cc1ccc2c(c1)C(NC(=O)C1CCC(=O)N1)C(C)C2. The maximum atomic E-state index is 12.3. The first-order valence-electron chi connectivity index (χ1n) is 7.24. The quantitative estimate of drug-likeness (QED) is 0.859. The van der Waals surface area contributed by atoms with Crippen LogP contribution in [0.2, 0.25) is 0 Å². The van der Waals surface area contributed by atoms with E-state index < -0.39 is 0 Å². The summed E-state index contributed by atoms with van der Waals surface area (Å²) < 4.78 is 0. The second kappa shape index (κ2) is 4.93. The lowest BCUT2D eigenvalue weighted by Gasteiger charge is -2.21. The second-order valence-electron chi connectivity index (χ2n) is 6.03. The molecule has 3 unspecified atom stereocenters. The van der Waals surface area contributed by atoms with Crippen LogP contribution in [-0.4, -0.2) is 17.9 Å². The van der Waals surface area contributed by atoms with Crippen molar-refractivity contribution in [2.75, 3.05) is 0 Å². The van der Waals surface area contributed by atoms with Crippen LogP contribution >= 0.6 is 0 Å². The van der Waals surface area contributed by atoms with Crippen LogP contribution in [-0.2, 0) is 16.0 Å². The zero-order valence-corrected chi connectivity index (χ0v) is 11.9. The summed E-state index contributed by atoms with van der Waals surface area (Å²) in [6, 6.07) is 6.15. The van der Waals surface area contributed by atoms with Crippen molar-refractivity contribution in [2.24, 2.45) is 5.92 Å². The van der Waals surface area contributed by atoms with Gasteiger partial charge >= 0.3 is 0 Å². The zero-order valence-electron chi connectivity index (χ0n) is 11.9. The predicted octanol–water partition coefficient (Wildman–Crippen LogP) is 1.62. The molecule has 2 N–H and O–H groups in total. The molecule has 4 nitrogen and oxygen atoms in total. The number of hydrogen-bond donors (Lipinski definition) is 2. The Bertz CT molecular complexity index is 568. The van der Waals surface area contributed by atoms with Gasteiger partial charge in [-0.2, -0.15) is 0 Å². The van der Waals surface area contributed by atoms with Crippen molar-refractivity contribution in [3.8, 4) is 0 Å². The first kappa shape index (κ1) is 13.2. The second-order valence-corrected chi connectivity index (χ2v) is 6.03. The van der Waals surface area contributed by atoms with Crippen molar-refractivity contribution >= 4 is 11.8 Å². The number of fused-ring (bicyclic) bond motifs is 1. The largest absolute Gasteiger partial charge is 0.347 e. The third-order valence-corrected chi connectivity index (χ3v) is 4.36. The molecule has 1 saturated heterocycles. The number of benzene rings is 1. The van der Waals surface area contributed by atoms with E-state index in [0.717, 1.165) is 6.42 Å². The summed E-state index contributed by atoms with van der Waals surface area (Å²) in [5.41, 5.74) is 3.77. The minimum atomic E-state index is -0.358. The Morgan fingerprint density at radius 1 is 1.40 bits per heavy atom. The molecule has 4 heteroatoms. The van der Waals surface area contributed by atoms with E-state index >= 15 is 0 Å². The normalized spacial score (nSPS) is 28.1. The first-order valence-corrected chi connectivity index (χ1v) is 7.24. The van der Waals surface area contributed by atoms with Crippen molar-refractivity contribution < 1.29 is 9.59 Å². The summed E-state index contributed by atoms with van der Waals surface area (Å²) in [5.74, 6) is 0.316. The van der Waals surface area contributed by atoms with Crippen molar-refractivity contribution in [1.29, 1.82) is 0 Å². The minimum absolute atomic E-state index is 0.0270. The van der Waals surface area contributed by atoms with Crippen LogP contribution in [0, 0.1) is 12.8 Å². The average Bonchev–Trinajstić information content (AvgIpc) is 2.95. The van der Waals surface area contributed by atoms with Gasteiger partial charge < -0.3 is 10.6 Å². The predicted molar refractivity (Wildman–Crippen MR) is 76.1 cm³/mol. The van der Waals surface area contributed by atoms with Crippen LogP contribution in [0.3, 0.4) is 0 Å². The van der Waals surface area contributed by atoms with E-state index in [-0.39, 0.29) is 23.9 Å². The Kier molecular flexibility index (Phi) is 3.24. The number of rotatable bonds is 2. The number of nitrogens with one attached hydrogen (secondary N) is 2. The van der Waals surface area contributed by atoms with Gasteiger partial charge in [-0.3, -0.25) is 9.59 Å². The van der Waals surface area contributed by atoms with Crippen LogP contribution in [0.5, 0.6) is 0 Å². The lowest BCUT2D eigenvalue weighted by atomic mass is 10.0. The van der Waals surface area contributed by atoms with E-state index in [0.29, 0.717) is 18.8 Å². The molecule has 2 amide bonds. The number of aryl methyl sites for hydroxylation is 1. The molecule has 0 bridgehead atoms. The van der Waals surface area contributed by atoms with Crippen molar-refractivity contribution in [3.63, 3.8) is 0 Å². The highest BCUT2D eigenvalue weighted by molar-refractivity contribution is 5.91. The van der Waals surface area contributed by atoms with E-state index in [1.54, 1.807) is 0 Å². The first-order chi connectivity index (χ1) is 9.54. The molecule has 3 atom stereocenters. The molecule has 106 valence electrons. The molecule has 3 rings (SSSR count). The molecule has 1 aromatic rings. The van der Waals surface area contributed by atoms with E-state index in [9.17, 15) is 9.59 Å². The zero-order chi connectivity index (χ0) is 14.3. The fourth-order valence-electron chi connectivity index (χ4n) is 3.25. The molecular formula is C16H20N2O2. The highest BCUT2D eigenvalue weighted by Crippen LogP contribution is 2.36. The fraction of sp³-hybridized carbons (Fsp3) is 0.500. The van der Waals surface area contributed by atoms with Gasteiger partial charge in [0.2, 0.25) is 11.8 Å². The maximum Gasteiger partial charge on any atom is 0.243 e. The monoisotopic (exact) mass is 272 g/mol. The van der Waals surface area contributed by atoms with E-state index in [2.05, 4.69) is 42.7 Å². The van der Waals surface area contributed by atoms with Gasteiger partial charge in [-0.1, -0.05) is 30.7 Å². The molecule has 0 saturated carbocycles. The molecule has 20 heavy (non-hydrogen) atoms. The lowest BCUT2D eigenvalue weighted by Crippen LogP contribution is -2.43. The molecule has 0 aromatic heterocycles. The molecule has 1 aliphatic heterocycles. The maximum absolute atomic E-state index is 12.3. The summed E-state index contributed by atoms with van der Waals surface area (Å²) in [7, 11) is 0. The van der Waals surface area contributed by atoms with Gasteiger partial charge in [0.05, 0.1) is 6.04 Å². The van der Waals surface area contributed by atoms with E-state index in [1.165, 1.54) is 16.7 Å². The van der Waals surface area contributed by atoms with E-state index in [4.69, 9.17) is 0 Å². The van der Waals surface area contributed by atoms with Crippen molar-refractivity contribution in [2.45, 2.75) is 45.2 Å². The van der Waals surface area contributed by atoms with Crippen LogP contribution < -0.4 is 10.6 Å². The van der Waals surface area contributed by atoms with Gasteiger partial charge in [-0.25, -0.2) is 0 Å². The average molecular weight is 272 g/mol. The van der Waals surface area contributed by atoms with Crippen molar-refractivity contribution in [1.82, 2.24) is 10.6 Å². The Morgan fingerprint density at radius 2 is 2.20 bits per heavy atom. The molecule has 1 aromatic carbocycles. The number of carbonyl (C=O) groups is 2. The van der Waals surface area contributed by atoms with Gasteiger partial charge in [0.15, 0.2) is 0 Å². The van der Waals surface area contributed by atoms with Gasteiger partial charge in [-0.15, -0.1) is 0 Å². The van der Waals surface area contributed by atoms with E-state index in [1.807, 2.05) is 0 Å².